The van der Waals surface area contributed by atoms with Gasteiger partial charge in [-0.05, 0) is 38.2 Å². The average Bonchev–Trinajstić information content (AvgIpc) is 3.57. The van der Waals surface area contributed by atoms with E-state index in [1.54, 1.807) is 0 Å². The number of nitrogens with zero attached hydrogens (tertiary/aromatic N) is 2. The molecule has 0 radical (unpaired) electrons. The highest BCUT2D eigenvalue weighted by Gasteiger charge is 2.39. The van der Waals surface area contributed by atoms with Gasteiger partial charge in [0.05, 0.1) is 12.7 Å². The fourth-order valence-corrected chi connectivity index (χ4v) is 4.34. The van der Waals surface area contributed by atoms with Crippen LogP contribution in [0.5, 0.6) is 0 Å². The molecule has 6 heteroatoms. The first kappa shape index (κ1) is 19.4. The second-order valence-electron chi connectivity index (χ2n) is 8.29. The number of hydrogen-bond donors (Lipinski definition) is 1. The van der Waals surface area contributed by atoms with Crippen molar-refractivity contribution < 1.29 is 14.3 Å². The van der Waals surface area contributed by atoms with Gasteiger partial charge in [0, 0.05) is 38.1 Å². The van der Waals surface area contributed by atoms with Crippen molar-refractivity contribution in [3.63, 3.8) is 0 Å². The Morgan fingerprint density at radius 3 is 2.50 bits per heavy atom. The van der Waals surface area contributed by atoms with Crippen molar-refractivity contribution >= 4 is 11.8 Å². The van der Waals surface area contributed by atoms with Crippen LogP contribution in [0.25, 0.3) is 0 Å². The number of carbonyl (C=O) groups is 2. The minimum Gasteiger partial charge on any atom is -0.375 e. The molecule has 28 heavy (non-hydrogen) atoms. The third-order valence-electron chi connectivity index (χ3n) is 6.20. The maximum atomic E-state index is 13.2. The van der Waals surface area contributed by atoms with Crippen molar-refractivity contribution in [2.24, 2.45) is 5.92 Å². The smallest absolute Gasteiger partial charge is 0.242 e. The van der Waals surface area contributed by atoms with Gasteiger partial charge in [-0.15, -0.1) is 0 Å². The van der Waals surface area contributed by atoms with Gasteiger partial charge in [0.15, 0.2) is 0 Å². The minimum atomic E-state index is -0.262. The van der Waals surface area contributed by atoms with Gasteiger partial charge in [-0.25, -0.2) is 0 Å². The predicted octanol–water partition coefficient (Wildman–Crippen LogP) is 1.79. The van der Waals surface area contributed by atoms with Crippen LogP contribution in [0.2, 0.25) is 0 Å². The van der Waals surface area contributed by atoms with E-state index in [1.807, 2.05) is 30.0 Å². The molecule has 0 unspecified atom stereocenters. The number of morpholine rings is 1. The van der Waals surface area contributed by atoms with Crippen LogP contribution >= 0.6 is 0 Å². The molecule has 0 spiro atoms. The number of piperidine rings is 1. The highest BCUT2D eigenvalue weighted by molar-refractivity contribution is 5.84. The molecule has 1 aliphatic carbocycles. The van der Waals surface area contributed by atoms with Crippen molar-refractivity contribution in [2.45, 2.75) is 57.3 Å². The van der Waals surface area contributed by atoms with Gasteiger partial charge >= 0.3 is 0 Å². The molecular formula is C22H31N3O3. The normalized spacial score (nSPS) is 26.1. The van der Waals surface area contributed by atoms with Gasteiger partial charge in [0.1, 0.15) is 6.04 Å². The van der Waals surface area contributed by atoms with Gasteiger partial charge < -0.3 is 19.9 Å². The van der Waals surface area contributed by atoms with E-state index < -0.39 is 0 Å². The van der Waals surface area contributed by atoms with Gasteiger partial charge in [0.25, 0.3) is 0 Å². The molecule has 1 aromatic rings. The third-order valence-corrected chi connectivity index (χ3v) is 6.20. The molecule has 6 nitrogen and oxygen atoms in total. The van der Waals surface area contributed by atoms with E-state index in [9.17, 15) is 9.59 Å². The second-order valence-corrected chi connectivity index (χ2v) is 8.29. The molecule has 0 aromatic heterocycles. The molecule has 3 aliphatic rings. The van der Waals surface area contributed by atoms with Crippen LogP contribution in [-0.2, 0) is 20.9 Å². The molecule has 2 aliphatic heterocycles. The topological polar surface area (TPSA) is 61.9 Å². The lowest BCUT2D eigenvalue weighted by atomic mass is 9.94. The Morgan fingerprint density at radius 2 is 1.86 bits per heavy atom. The summed E-state index contributed by atoms with van der Waals surface area (Å²) >= 11 is 0. The quantitative estimate of drug-likeness (QED) is 0.840. The van der Waals surface area contributed by atoms with Crippen LogP contribution in [0.15, 0.2) is 30.3 Å². The Labute approximate surface area is 167 Å². The number of ether oxygens (including phenoxy) is 1. The van der Waals surface area contributed by atoms with Crippen LogP contribution in [0.4, 0.5) is 0 Å². The van der Waals surface area contributed by atoms with E-state index in [0.29, 0.717) is 38.8 Å². The van der Waals surface area contributed by atoms with Gasteiger partial charge in [-0.2, -0.15) is 0 Å². The Morgan fingerprint density at radius 1 is 1.14 bits per heavy atom. The summed E-state index contributed by atoms with van der Waals surface area (Å²) in [6.07, 6.45) is 3.63. The first-order chi connectivity index (χ1) is 13.6. The Hall–Kier alpha value is -1.92. The van der Waals surface area contributed by atoms with Crippen LogP contribution < -0.4 is 5.32 Å². The van der Waals surface area contributed by atoms with Crippen LogP contribution in [-0.4, -0.2) is 66.0 Å². The standard InChI is InChI=1S/C22H31N3O3/c1-16-20(23-11-14-28-16)22(27)24-12-9-18(10-13-24)21(26)25(19-7-8-19)15-17-5-3-2-4-6-17/h2-6,16,18-20,23H,7-15H2,1H3/t16-,20+/m1/s1. The summed E-state index contributed by atoms with van der Waals surface area (Å²) in [5.41, 5.74) is 1.19. The summed E-state index contributed by atoms with van der Waals surface area (Å²) in [5, 5.41) is 3.28. The van der Waals surface area contributed by atoms with E-state index in [2.05, 4.69) is 22.3 Å². The molecule has 2 atom stereocenters. The number of carbonyl (C=O) groups excluding carboxylic acids is 2. The second kappa shape index (κ2) is 8.62. The van der Waals surface area contributed by atoms with Crippen LogP contribution in [0.1, 0.15) is 38.2 Å². The zero-order valence-electron chi connectivity index (χ0n) is 16.7. The highest BCUT2D eigenvalue weighted by atomic mass is 16.5. The van der Waals surface area contributed by atoms with E-state index in [0.717, 1.165) is 25.7 Å². The summed E-state index contributed by atoms with van der Waals surface area (Å²) in [7, 11) is 0. The molecule has 2 heterocycles. The number of hydrogen-bond acceptors (Lipinski definition) is 4. The lowest BCUT2D eigenvalue weighted by Crippen LogP contribution is -2.58. The molecule has 1 N–H and O–H groups in total. The highest BCUT2D eigenvalue weighted by Crippen LogP contribution is 2.32. The van der Waals surface area contributed by atoms with Crippen molar-refractivity contribution in [3.05, 3.63) is 35.9 Å². The minimum absolute atomic E-state index is 0.0290. The van der Waals surface area contributed by atoms with Gasteiger partial charge in [0.2, 0.25) is 11.8 Å². The average molecular weight is 386 g/mol. The fourth-order valence-electron chi connectivity index (χ4n) is 4.34. The molecule has 1 aromatic carbocycles. The van der Waals surface area contributed by atoms with Crippen molar-refractivity contribution in [3.8, 4) is 0 Å². The lowest BCUT2D eigenvalue weighted by molar-refractivity contribution is -0.145. The number of likely N-dealkylation sites (tertiary alicyclic amines) is 1. The summed E-state index contributed by atoms with van der Waals surface area (Å²) in [5.74, 6) is 0.411. The zero-order chi connectivity index (χ0) is 19.5. The molecule has 2 saturated heterocycles. The SMILES string of the molecule is C[C@H]1OCCN[C@@H]1C(=O)N1CCC(C(=O)N(Cc2ccccc2)C2CC2)CC1. The first-order valence-electron chi connectivity index (χ1n) is 10.6. The van der Waals surface area contributed by atoms with Gasteiger partial charge in [-0.3, -0.25) is 9.59 Å². The summed E-state index contributed by atoms with van der Waals surface area (Å²) < 4.78 is 5.61. The van der Waals surface area contributed by atoms with Gasteiger partial charge in [-0.1, -0.05) is 30.3 Å². The molecule has 0 bridgehead atoms. The summed E-state index contributed by atoms with van der Waals surface area (Å²) in [4.78, 5) is 30.0. The van der Waals surface area contributed by atoms with Crippen molar-refractivity contribution in [1.82, 2.24) is 15.1 Å². The van der Waals surface area contributed by atoms with E-state index in [1.165, 1.54) is 5.56 Å². The molecule has 2 amide bonds. The molecule has 3 fully saturated rings. The third kappa shape index (κ3) is 4.39. The fraction of sp³-hybridized carbons (Fsp3) is 0.636. The molecule has 152 valence electrons. The number of benzene rings is 1. The summed E-state index contributed by atoms with van der Waals surface area (Å²) in [6.45, 7) is 5.33. The number of nitrogens with one attached hydrogen (secondary N) is 1. The number of amides is 2. The van der Waals surface area contributed by atoms with E-state index in [-0.39, 0.29) is 29.9 Å². The Kier molecular flexibility index (Phi) is 5.97. The van der Waals surface area contributed by atoms with Crippen LogP contribution in [0.3, 0.4) is 0 Å². The maximum Gasteiger partial charge on any atom is 0.242 e. The number of rotatable bonds is 5. The van der Waals surface area contributed by atoms with E-state index >= 15 is 0 Å². The van der Waals surface area contributed by atoms with E-state index in [4.69, 9.17) is 4.74 Å². The summed E-state index contributed by atoms with van der Waals surface area (Å²) in [6, 6.07) is 10.4. The molecular weight excluding hydrogens is 354 g/mol. The molecule has 1 saturated carbocycles. The monoisotopic (exact) mass is 385 g/mol. The Bertz CT molecular complexity index is 684. The van der Waals surface area contributed by atoms with Crippen molar-refractivity contribution in [1.29, 1.82) is 0 Å². The van der Waals surface area contributed by atoms with Crippen LogP contribution in [0, 0.1) is 5.92 Å². The maximum absolute atomic E-state index is 13.2. The zero-order valence-corrected chi connectivity index (χ0v) is 16.7. The Balaban J connectivity index is 1.33. The first-order valence-corrected chi connectivity index (χ1v) is 10.6. The van der Waals surface area contributed by atoms with Crippen molar-refractivity contribution in [2.75, 3.05) is 26.2 Å². The lowest BCUT2D eigenvalue weighted by Gasteiger charge is -2.38. The largest absolute Gasteiger partial charge is 0.375 e. The predicted molar refractivity (Wildman–Crippen MR) is 107 cm³/mol. The molecule has 4 rings (SSSR count).